The highest BCUT2D eigenvalue weighted by molar-refractivity contribution is 5.95. The molecule has 0 radical (unpaired) electrons. The number of hydrogen-bond donors (Lipinski definition) is 1. The summed E-state index contributed by atoms with van der Waals surface area (Å²) in [5, 5.41) is 18.6. The average Bonchev–Trinajstić information content (AvgIpc) is 2.67. The number of esters is 1. The first kappa shape index (κ1) is 16.9. The molecule has 1 aliphatic rings. The van der Waals surface area contributed by atoms with Crippen molar-refractivity contribution < 1.29 is 24.2 Å². The van der Waals surface area contributed by atoms with Gasteiger partial charge in [-0.1, -0.05) is 12.2 Å². The minimum absolute atomic E-state index is 0.122. The third-order valence-electron chi connectivity index (χ3n) is 3.09. The Morgan fingerprint density at radius 2 is 2.29 bits per heavy atom. The van der Waals surface area contributed by atoms with Gasteiger partial charge in [-0.25, -0.2) is 4.79 Å². The number of rotatable bonds is 5. The predicted molar refractivity (Wildman–Crippen MR) is 73.7 cm³/mol. The van der Waals surface area contributed by atoms with Crippen molar-refractivity contribution in [3.63, 3.8) is 0 Å². The molecule has 21 heavy (non-hydrogen) atoms. The SMILES string of the molecule is C/C=C/CC/C(O)=C(\[N+]#N)C(=O)O[C@H]1C(=O)COC1(C)C. The number of diazo groups is 1. The van der Waals surface area contributed by atoms with Gasteiger partial charge in [0.2, 0.25) is 11.2 Å². The van der Waals surface area contributed by atoms with Gasteiger partial charge >= 0.3 is 11.7 Å². The van der Waals surface area contributed by atoms with Crippen molar-refractivity contribution in [2.75, 3.05) is 6.61 Å². The van der Waals surface area contributed by atoms with Crippen LogP contribution in [-0.2, 0) is 19.1 Å². The monoisotopic (exact) mass is 295 g/mol. The zero-order chi connectivity index (χ0) is 16.0. The van der Waals surface area contributed by atoms with Crippen LogP contribution in [0.2, 0.25) is 0 Å². The zero-order valence-corrected chi connectivity index (χ0v) is 12.3. The smallest absolute Gasteiger partial charge is 0.505 e. The Morgan fingerprint density at radius 1 is 1.62 bits per heavy atom. The molecule has 0 bridgehead atoms. The highest BCUT2D eigenvalue weighted by atomic mass is 16.6. The van der Waals surface area contributed by atoms with Gasteiger partial charge in [-0.05, 0) is 27.2 Å². The molecule has 1 saturated heterocycles. The van der Waals surface area contributed by atoms with Crippen LogP contribution in [0, 0.1) is 5.39 Å². The summed E-state index contributed by atoms with van der Waals surface area (Å²) >= 11 is 0. The molecule has 0 aromatic heterocycles. The van der Waals surface area contributed by atoms with Gasteiger partial charge in [0.05, 0.1) is 0 Å². The Hall–Kier alpha value is -2.20. The first-order valence-electron chi connectivity index (χ1n) is 6.59. The van der Waals surface area contributed by atoms with Crippen molar-refractivity contribution in [2.45, 2.75) is 45.3 Å². The molecule has 0 aromatic carbocycles. The van der Waals surface area contributed by atoms with Crippen LogP contribution >= 0.6 is 0 Å². The fraction of sp³-hybridized carbons (Fsp3) is 0.571. The summed E-state index contributed by atoms with van der Waals surface area (Å²) < 4.78 is 10.2. The summed E-state index contributed by atoms with van der Waals surface area (Å²) in [6.45, 7) is 4.90. The molecular weight excluding hydrogens is 276 g/mol. The van der Waals surface area contributed by atoms with E-state index in [0.717, 1.165) is 0 Å². The number of aliphatic hydroxyl groups excluding tert-OH is 1. The second-order valence-electron chi connectivity index (χ2n) is 5.15. The van der Waals surface area contributed by atoms with Crippen LogP contribution in [0.15, 0.2) is 23.6 Å². The Bertz CT molecular complexity index is 528. The van der Waals surface area contributed by atoms with Gasteiger partial charge in [0.25, 0.3) is 0 Å². The van der Waals surface area contributed by atoms with Crippen LogP contribution in [0.3, 0.4) is 0 Å². The molecule has 0 unspecified atom stereocenters. The van der Waals surface area contributed by atoms with Crippen LogP contribution in [0.4, 0.5) is 0 Å². The Labute approximate surface area is 122 Å². The number of aliphatic hydroxyl groups is 1. The molecule has 1 fully saturated rings. The number of ketones is 1. The van der Waals surface area contributed by atoms with E-state index in [4.69, 9.17) is 14.9 Å². The second-order valence-corrected chi connectivity index (χ2v) is 5.15. The van der Waals surface area contributed by atoms with E-state index >= 15 is 0 Å². The molecule has 1 rings (SSSR count). The van der Waals surface area contributed by atoms with E-state index in [-0.39, 0.29) is 18.8 Å². The topological polar surface area (TPSA) is 101 Å². The van der Waals surface area contributed by atoms with E-state index in [1.54, 1.807) is 26.0 Å². The lowest BCUT2D eigenvalue weighted by Gasteiger charge is -2.22. The first-order chi connectivity index (χ1) is 9.83. The summed E-state index contributed by atoms with van der Waals surface area (Å²) in [4.78, 5) is 26.3. The van der Waals surface area contributed by atoms with Crippen LogP contribution in [-0.4, -0.2) is 35.2 Å². The Balaban J connectivity index is 2.83. The molecule has 1 aliphatic heterocycles. The van der Waals surface area contributed by atoms with Gasteiger partial charge in [0.15, 0.2) is 16.8 Å². The highest BCUT2D eigenvalue weighted by Crippen LogP contribution is 2.26. The van der Waals surface area contributed by atoms with Gasteiger partial charge in [0.1, 0.15) is 12.2 Å². The minimum Gasteiger partial charge on any atom is -0.505 e. The molecule has 0 aliphatic carbocycles. The third kappa shape index (κ3) is 4.13. The molecule has 1 atom stereocenters. The highest BCUT2D eigenvalue weighted by Gasteiger charge is 2.47. The van der Waals surface area contributed by atoms with E-state index in [1.165, 1.54) is 0 Å². The maximum atomic E-state index is 11.9. The predicted octanol–water partition coefficient (Wildman–Crippen LogP) is 2.26. The molecule has 114 valence electrons. The first-order valence-corrected chi connectivity index (χ1v) is 6.59. The maximum absolute atomic E-state index is 11.9. The lowest BCUT2D eigenvalue weighted by atomic mass is 10.0. The fourth-order valence-corrected chi connectivity index (χ4v) is 1.89. The van der Waals surface area contributed by atoms with Crippen LogP contribution in [0.1, 0.15) is 33.6 Å². The molecule has 1 heterocycles. The molecule has 1 N–H and O–H groups in total. The van der Waals surface area contributed by atoms with Crippen molar-refractivity contribution in [1.82, 2.24) is 0 Å². The van der Waals surface area contributed by atoms with Gasteiger partial charge in [-0.3, -0.25) is 4.79 Å². The Kier molecular flexibility index (Phi) is 5.61. The van der Waals surface area contributed by atoms with Crippen molar-refractivity contribution in [3.05, 3.63) is 28.6 Å². The molecule has 0 aromatic rings. The van der Waals surface area contributed by atoms with E-state index in [2.05, 4.69) is 4.98 Å². The lowest BCUT2D eigenvalue weighted by Crippen LogP contribution is -2.39. The second kappa shape index (κ2) is 6.99. The summed E-state index contributed by atoms with van der Waals surface area (Å²) in [6.07, 6.45) is 3.08. The minimum atomic E-state index is -1.09. The van der Waals surface area contributed by atoms with E-state index in [0.29, 0.717) is 6.42 Å². The maximum Gasteiger partial charge on any atom is 0.505 e. The van der Waals surface area contributed by atoms with Crippen LogP contribution in [0.5, 0.6) is 0 Å². The quantitative estimate of drug-likeness (QED) is 0.274. The van der Waals surface area contributed by atoms with Crippen molar-refractivity contribution >= 4 is 11.8 Å². The fourth-order valence-electron chi connectivity index (χ4n) is 1.89. The number of carbonyl (C=O) groups is 2. The van der Waals surface area contributed by atoms with Crippen molar-refractivity contribution in [2.24, 2.45) is 0 Å². The number of allylic oxidation sites excluding steroid dienone is 3. The van der Waals surface area contributed by atoms with E-state index in [9.17, 15) is 14.7 Å². The molecule has 0 saturated carbocycles. The number of carbonyl (C=O) groups excluding carboxylic acids is 2. The summed E-state index contributed by atoms with van der Waals surface area (Å²) in [6, 6.07) is 0. The van der Waals surface area contributed by atoms with Gasteiger partial charge in [-0.2, -0.15) is 0 Å². The van der Waals surface area contributed by atoms with Crippen molar-refractivity contribution in [1.29, 1.82) is 5.39 Å². The molecule has 0 spiro atoms. The standard InChI is InChI=1S/C14H18N2O5/c1-4-5-6-7-9(17)11(16-15)13(19)21-12-10(18)8-20-14(12,2)3/h4-5,12H,6-8H2,1-3H3/p+1/b5-4+/t12-/m0/s1. The third-order valence-corrected chi connectivity index (χ3v) is 3.09. The Morgan fingerprint density at radius 3 is 2.76 bits per heavy atom. The van der Waals surface area contributed by atoms with Crippen LogP contribution in [0.25, 0.3) is 4.98 Å². The van der Waals surface area contributed by atoms with Crippen LogP contribution < -0.4 is 0 Å². The van der Waals surface area contributed by atoms with Crippen molar-refractivity contribution in [3.8, 4) is 0 Å². The molecule has 7 nitrogen and oxygen atoms in total. The summed E-state index contributed by atoms with van der Waals surface area (Å²) in [7, 11) is 0. The van der Waals surface area contributed by atoms with E-state index in [1.807, 2.05) is 6.92 Å². The number of Topliss-reactive ketones (excluding diaryl/α,β-unsaturated/α-hetero) is 1. The van der Waals surface area contributed by atoms with Gasteiger partial charge in [0, 0.05) is 6.42 Å². The van der Waals surface area contributed by atoms with Gasteiger partial charge < -0.3 is 14.6 Å². The van der Waals surface area contributed by atoms with E-state index < -0.39 is 29.1 Å². The lowest BCUT2D eigenvalue weighted by molar-refractivity contribution is -0.155. The molecule has 0 amide bonds. The summed E-state index contributed by atoms with van der Waals surface area (Å²) in [5.74, 6) is -1.84. The number of hydrogen-bond acceptors (Lipinski definition) is 6. The number of nitrogens with zero attached hydrogens (tertiary/aromatic N) is 2. The summed E-state index contributed by atoms with van der Waals surface area (Å²) in [5.41, 5.74) is -1.55. The normalized spacial score (nSPS) is 22.0. The zero-order valence-electron chi connectivity index (χ0n) is 12.3. The van der Waals surface area contributed by atoms with Gasteiger partial charge in [-0.15, -0.1) is 0 Å². The largest absolute Gasteiger partial charge is 0.505 e. The number of ether oxygens (including phenoxy) is 2. The molecule has 7 heteroatoms. The average molecular weight is 295 g/mol. The molecular formula is C14H19N2O5+.